The SMILES string of the molecule is NCC(=O)Nc1ccc(S(=O)(=O)O)c2cccc(S(=O)(=O)O)c12. The molecular weight excluding hydrogens is 348 g/mol. The van der Waals surface area contributed by atoms with Crippen molar-refractivity contribution in [3.05, 3.63) is 30.3 Å². The minimum atomic E-state index is -4.72. The van der Waals surface area contributed by atoms with E-state index in [1.807, 2.05) is 0 Å². The van der Waals surface area contributed by atoms with Gasteiger partial charge in [0.05, 0.1) is 12.2 Å². The molecule has 11 heteroatoms. The largest absolute Gasteiger partial charge is 0.324 e. The first kappa shape index (κ1) is 17.3. The summed E-state index contributed by atoms with van der Waals surface area (Å²) >= 11 is 0. The Balaban J connectivity index is 2.97. The normalized spacial score (nSPS) is 12.3. The van der Waals surface area contributed by atoms with Crippen LogP contribution in [-0.4, -0.2) is 38.4 Å². The number of nitrogens with one attached hydrogen (secondary N) is 1. The molecule has 5 N–H and O–H groups in total. The first-order valence-electron chi connectivity index (χ1n) is 6.06. The third-order valence-corrected chi connectivity index (χ3v) is 4.79. The van der Waals surface area contributed by atoms with Gasteiger partial charge in [0.2, 0.25) is 5.91 Å². The maximum atomic E-state index is 11.5. The van der Waals surface area contributed by atoms with Crippen molar-refractivity contribution in [3.8, 4) is 0 Å². The number of hydrogen-bond acceptors (Lipinski definition) is 6. The first-order valence-corrected chi connectivity index (χ1v) is 8.94. The van der Waals surface area contributed by atoms with E-state index in [4.69, 9.17) is 5.73 Å². The van der Waals surface area contributed by atoms with Gasteiger partial charge in [-0.3, -0.25) is 13.9 Å². The van der Waals surface area contributed by atoms with Crippen LogP contribution >= 0.6 is 0 Å². The Labute approximate surface area is 131 Å². The molecule has 0 bridgehead atoms. The summed E-state index contributed by atoms with van der Waals surface area (Å²) in [5, 5.41) is 1.87. The lowest BCUT2D eigenvalue weighted by Gasteiger charge is -2.13. The van der Waals surface area contributed by atoms with Crippen LogP contribution in [0.3, 0.4) is 0 Å². The molecule has 0 heterocycles. The van der Waals surface area contributed by atoms with Crippen molar-refractivity contribution >= 4 is 42.6 Å². The smallest absolute Gasteiger partial charge is 0.295 e. The van der Waals surface area contributed by atoms with E-state index in [-0.39, 0.29) is 16.5 Å². The lowest BCUT2D eigenvalue weighted by molar-refractivity contribution is -0.114. The predicted molar refractivity (Wildman–Crippen MR) is 81.3 cm³/mol. The fourth-order valence-corrected chi connectivity index (χ4v) is 3.51. The minimum absolute atomic E-state index is 0.0731. The lowest BCUT2D eigenvalue weighted by atomic mass is 10.1. The van der Waals surface area contributed by atoms with Gasteiger partial charge in [-0.1, -0.05) is 12.1 Å². The van der Waals surface area contributed by atoms with E-state index in [9.17, 15) is 30.7 Å². The second-order valence-corrected chi connectivity index (χ2v) is 7.27. The summed E-state index contributed by atoms with van der Waals surface area (Å²) in [7, 11) is -9.37. The Bertz CT molecular complexity index is 997. The number of carbonyl (C=O) groups is 1. The van der Waals surface area contributed by atoms with Crippen LogP contribution < -0.4 is 11.1 Å². The first-order chi connectivity index (χ1) is 10.6. The summed E-state index contributed by atoms with van der Waals surface area (Å²) < 4.78 is 64.5. The number of hydrogen-bond donors (Lipinski definition) is 4. The van der Waals surface area contributed by atoms with Crippen molar-refractivity contribution in [3.63, 3.8) is 0 Å². The molecule has 2 aromatic carbocycles. The van der Waals surface area contributed by atoms with Crippen LogP contribution in [0, 0.1) is 0 Å². The summed E-state index contributed by atoms with van der Waals surface area (Å²) in [6.45, 7) is -0.393. The molecule has 0 aromatic heterocycles. The Morgan fingerprint density at radius 1 is 1.00 bits per heavy atom. The van der Waals surface area contributed by atoms with Gasteiger partial charge in [0.15, 0.2) is 0 Å². The van der Waals surface area contributed by atoms with Crippen LogP contribution in [0.25, 0.3) is 10.8 Å². The van der Waals surface area contributed by atoms with Crippen LogP contribution in [0.15, 0.2) is 40.1 Å². The van der Waals surface area contributed by atoms with Crippen LogP contribution in [0.1, 0.15) is 0 Å². The number of amides is 1. The molecule has 2 aromatic rings. The fraction of sp³-hybridized carbons (Fsp3) is 0.0833. The van der Waals surface area contributed by atoms with Crippen LogP contribution in [0.5, 0.6) is 0 Å². The van der Waals surface area contributed by atoms with Gasteiger partial charge in [0, 0.05) is 10.8 Å². The summed E-state index contributed by atoms with van der Waals surface area (Å²) in [6, 6.07) is 5.54. The second-order valence-electron chi connectivity index (χ2n) is 4.49. The molecule has 0 aliphatic rings. The average molecular weight is 360 g/mol. The molecule has 124 valence electrons. The van der Waals surface area contributed by atoms with Gasteiger partial charge in [-0.25, -0.2) is 0 Å². The van der Waals surface area contributed by atoms with Crippen molar-refractivity contribution in [2.45, 2.75) is 9.79 Å². The highest BCUT2D eigenvalue weighted by atomic mass is 32.2. The zero-order chi connectivity index (χ0) is 17.4. The summed E-state index contributed by atoms with van der Waals surface area (Å²) in [5.41, 5.74) is 5.10. The molecule has 0 fully saturated rings. The number of carbonyl (C=O) groups excluding carboxylic acids is 1. The molecule has 0 radical (unpaired) electrons. The van der Waals surface area contributed by atoms with E-state index in [1.54, 1.807) is 0 Å². The van der Waals surface area contributed by atoms with Gasteiger partial charge < -0.3 is 11.1 Å². The number of benzene rings is 2. The highest BCUT2D eigenvalue weighted by molar-refractivity contribution is 7.86. The molecular formula is C12H12N2O7S2. The molecule has 0 aliphatic carbocycles. The van der Waals surface area contributed by atoms with Crippen LogP contribution in [-0.2, 0) is 25.0 Å². The highest BCUT2D eigenvalue weighted by Crippen LogP contribution is 2.34. The van der Waals surface area contributed by atoms with E-state index in [2.05, 4.69) is 5.32 Å². The molecule has 9 nitrogen and oxygen atoms in total. The fourth-order valence-electron chi connectivity index (χ4n) is 2.09. The average Bonchev–Trinajstić information content (AvgIpc) is 2.44. The Morgan fingerprint density at radius 3 is 2.13 bits per heavy atom. The van der Waals surface area contributed by atoms with Gasteiger partial charge in [-0.15, -0.1) is 0 Å². The molecule has 0 atom stereocenters. The zero-order valence-corrected chi connectivity index (χ0v) is 13.1. The van der Waals surface area contributed by atoms with E-state index in [0.717, 1.165) is 18.2 Å². The van der Waals surface area contributed by atoms with Gasteiger partial charge in [0.25, 0.3) is 20.2 Å². The monoisotopic (exact) mass is 360 g/mol. The summed E-state index contributed by atoms with van der Waals surface area (Å²) in [4.78, 5) is 10.3. The highest BCUT2D eigenvalue weighted by Gasteiger charge is 2.22. The third-order valence-electron chi connectivity index (χ3n) is 2.98. The maximum absolute atomic E-state index is 11.5. The van der Waals surface area contributed by atoms with E-state index < -0.39 is 42.5 Å². The summed E-state index contributed by atoms with van der Waals surface area (Å²) in [5.74, 6) is -0.656. The quantitative estimate of drug-likeness (QED) is 0.563. The van der Waals surface area contributed by atoms with Gasteiger partial charge in [0.1, 0.15) is 9.79 Å². The van der Waals surface area contributed by atoms with Crippen LogP contribution in [0.4, 0.5) is 5.69 Å². The molecule has 0 saturated carbocycles. The summed E-state index contributed by atoms with van der Waals surface area (Å²) in [6.07, 6.45) is 0. The van der Waals surface area contributed by atoms with Crippen molar-refractivity contribution in [1.29, 1.82) is 0 Å². The van der Waals surface area contributed by atoms with Crippen LogP contribution in [0.2, 0.25) is 0 Å². The van der Waals surface area contributed by atoms with Crippen molar-refractivity contribution in [2.24, 2.45) is 5.73 Å². The Morgan fingerprint density at radius 2 is 1.61 bits per heavy atom. The van der Waals surface area contributed by atoms with Crippen molar-refractivity contribution < 1.29 is 30.7 Å². The Kier molecular flexibility index (Phi) is 4.41. The standard InChI is InChI=1S/C12H12N2O7S2/c13-6-11(15)14-8-4-5-9(22(16,17)18)7-2-1-3-10(12(7)8)23(19,20)21/h1-5H,6,13H2,(H,14,15)(H,16,17,18)(H,19,20,21). The van der Waals surface area contributed by atoms with Gasteiger partial charge in [-0.05, 0) is 18.2 Å². The number of anilines is 1. The molecule has 23 heavy (non-hydrogen) atoms. The topological polar surface area (TPSA) is 164 Å². The Hall–Kier alpha value is -2.05. The van der Waals surface area contributed by atoms with Gasteiger partial charge >= 0.3 is 0 Å². The van der Waals surface area contributed by atoms with E-state index in [0.29, 0.717) is 0 Å². The van der Waals surface area contributed by atoms with E-state index >= 15 is 0 Å². The van der Waals surface area contributed by atoms with E-state index in [1.165, 1.54) is 12.1 Å². The molecule has 0 aliphatic heterocycles. The second kappa shape index (κ2) is 5.86. The molecule has 0 saturated heterocycles. The predicted octanol–water partition coefficient (Wildman–Crippen LogP) is 0.230. The zero-order valence-electron chi connectivity index (χ0n) is 11.4. The minimum Gasteiger partial charge on any atom is -0.324 e. The molecule has 2 rings (SSSR count). The number of rotatable bonds is 4. The number of fused-ring (bicyclic) bond motifs is 1. The third kappa shape index (κ3) is 3.48. The molecule has 0 unspecified atom stereocenters. The van der Waals surface area contributed by atoms with Crippen molar-refractivity contribution in [1.82, 2.24) is 0 Å². The molecule has 1 amide bonds. The van der Waals surface area contributed by atoms with Gasteiger partial charge in [-0.2, -0.15) is 16.8 Å². The molecule has 0 spiro atoms. The van der Waals surface area contributed by atoms with Crippen molar-refractivity contribution in [2.75, 3.05) is 11.9 Å². The lowest BCUT2D eigenvalue weighted by Crippen LogP contribution is -2.22. The number of nitrogens with two attached hydrogens (primary N) is 1. The maximum Gasteiger partial charge on any atom is 0.295 e.